The molecule has 0 spiro atoms. The van der Waals surface area contributed by atoms with Crippen molar-refractivity contribution < 1.29 is 43.1 Å². The van der Waals surface area contributed by atoms with Gasteiger partial charge in [-0.3, -0.25) is 14.1 Å². The molecular weight excluding hydrogens is 442 g/mol. The molecule has 4 aliphatic rings. The van der Waals surface area contributed by atoms with Gasteiger partial charge in [-0.25, -0.2) is 8.96 Å². The highest BCUT2D eigenvalue weighted by molar-refractivity contribution is 7.46. The highest BCUT2D eigenvalue weighted by atomic mass is 31.2. The van der Waals surface area contributed by atoms with E-state index in [2.05, 4.69) is 4.52 Å². The van der Waals surface area contributed by atoms with E-state index in [1.54, 1.807) is 20.8 Å². The Morgan fingerprint density at radius 2 is 1.97 bits per heavy atom. The SMILES string of the molecule is C[C@@H]1CC2C3CCC4=CC(=O)C=C[C@]4(C)[C@@]3(F)[C@@H](O)C[C@]2(C)[C@@]1(O)C(=O)COP(=O)(O)O. The number of ketones is 2. The van der Waals surface area contributed by atoms with Crippen LogP contribution in [0.2, 0.25) is 0 Å². The first-order valence-corrected chi connectivity index (χ1v) is 12.4. The predicted molar refractivity (Wildman–Crippen MR) is 111 cm³/mol. The molecule has 0 bridgehead atoms. The van der Waals surface area contributed by atoms with Crippen LogP contribution in [-0.2, 0) is 18.7 Å². The molecule has 4 N–H and O–H groups in total. The highest BCUT2D eigenvalue weighted by Gasteiger charge is 2.75. The molecule has 3 saturated carbocycles. The van der Waals surface area contributed by atoms with Crippen molar-refractivity contribution >= 4 is 19.4 Å². The van der Waals surface area contributed by atoms with Crippen LogP contribution >= 0.6 is 7.82 Å². The number of rotatable bonds is 4. The van der Waals surface area contributed by atoms with Gasteiger partial charge in [0.05, 0.1) is 6.10 Å². The number of alkyl halides is 1. The lowest BCUT2D eigenvalue weighted by atomic mass is 9.44. The average molecular weight is 472 g/mol. The summed E-state index contributed by atoms with van der Waals surface area (Å²) in [6.07, 6.45) is 3.70. The Labute approximate surface area is 185 Å². The Kier molecular flexibility index (Phi) is 5.34. The van der Waals surface area contributed by atoms with E-state index in [1.165, 1.54) is 18.2 Å². The molecule has 4 rings (SSSR count). The topological polar surface area (TPSA) is 141 Å². The van der Waals surface area contributed by atoms with E-state index in [0.29, 0.717) is 24.8 Å². The molecule has 0 aromatic carbocycles. The molecule has 0 aromatic rings. The van der Waals surface area contributed by atoms with E-state index in [1.807, 2.05) is 0 Å². The second-order valence-corrected chi connectivity index (χ2v) is 11.6. The second kappa shape index (κ2) is 7.14. The van der Waals surface area contributed by atoms with E-state index in [0.717, 1.165) is 0 Å². The monoisotopic (exact) mass is 472 g/mol. The van der Waals surface area contributed by atoms with Crippen molar-refractivity contribution in [3.05, 3.63) is 23.8 Å². The summed E-state index contributed by atoms with van der Waals surface area (Å²) < 4.78 is 32.5. The molecule has 8 nitrogen and oxygen atoms in total. The smallest absolute Gasteiger partial charge is 0.390 e. The van der Waals surface area contributed by atoms with Crippen molar-refractivity contribution in [1.82, 2.24) is 0 Å². The number of carbonyl (C=O) groups excluding carboxylic acids is 2. The second-order valence-electron chi connectivity index (χ2n) is 10.4. The lowest BCUT2D eigenvalue weighted by Crippen LogP contribution is -2.69. The number of phosphoric ester groups is 1. The van der Waals surface area contributed by atoms with Crippen molar-refractivity contribution in [3.63, 3.8) is 0 Å². The van der Waals surface area contributed by atoms with Gasteiger partial charge in [-0.15, -0.1) is 0 Å². The number of carbonyl (C=O) groups is 2. The summed E-state index contributed by atoms with van der Waals surface area (Å²) in [7, 11) is -4.93. The largest absolute Gasteiger partial charge is 0.470 e. The Morgan fingerprint density at radius 3 is 2.59 bits per heavy atom. The fourth-order valence-corrected chi connectivity index (χ4v) is 7.68. The highest BCUT2D eigenvalue weighted by Crippen LogP contribution is 2.70. The molecule has 178 valence electrons. The third-order valence-electron chi connectivity index (χ3n) is 9.01. The van der Waals surface area contributed by atoms with Crippen LogP contribution in [0, 0.1) is 28.6 Å². The lowest BCUT2D eigenvalue weighted by Gasteiger charge is -2.62. The van der Waals surface area contributed by atoms with Gasteiger partial charge in [-0.2, -0.15) is 0 Å². The van der Waals surface area contributed by atoms with Crippen molar-refractivity contribution in [2.75, 3.05) is 6.61 Å². The zero-order chi connectivity index (χ0) is 23.9. The molecular formula is C22H30FO8P. The number of aliphatic hydroxyl groups excluding tert-OH is 1. The molecule has 0 amide bonds. The van der Waals surface area contributed by atoms with Gasteiger partial charge >= 0.3 is 7.82 Å². The number of hydrogen-bond donors (Lipinski definition) is 4. The van der Waals surface area contributed by atoms with Crippen LogP contribution in [0.15, 0.2) is 23.8 Å². The van der Waals surface area contributed by atoms with Crippen molar-refractivity contribution in [1.29, 1.82) is 0 Å². The summed E-state index contributed by atoms with van der Waals surface area (Å²) >= 11 is 0. The number of halogens is 1. The minimum atomic E-state index is -4.93. The van der Waals surface area contributed by atoms with Crippen molar-refractivity contribution in [2.24, 2.45) is 28.6 Å². The van der Waals surface area contributed by atoms with E-state index in [-0.39, 0.29) is 12.2 Å². The molecule has 32 heavy (non-hydrogen) atoms. The first-order valence-electron chi connectivity index (χ1n) is 10.9. The summed E-state index contributed by atoms with van der Waals surface area (Å²) in [6, 6.07) is 0. The first-order chi connectivity index (χ1) is 14.6. The number of phosphoric acid groups is 1. The summed E-state index contributed by atoms with van der Waals surface area (Å²) in [5.41, 5.74) is -5.88. The maximum absolute atomic E-state index is 17.0. The molecule has 2 unspecified atom stereocenters. The number of Topliss-reactive ketones (excluding diaryl/α,β-unsaturated/α-hetero) is 1. The number of hydrogen-bond acceptors (Lipinski definition) is 6. The zero-order valence-corrected chi connectivity index (χ0v) is 19.2. The molecule has 0 aromatic heterocycles. The number of allylic oxidation sites excluding steroid dienone is 4. The van der Waals surface area contributed by atoms with Crippen molar-refractivity contribution in [3.8, 4) is 0 Å². The summed E-state index contributed by atoms with van der Waals surface area (Å²) in [6.45, 7) is 4.00. The van der Waals surface area contributed by atoms with Crippen LogP contribution in [0.25, 0.3) is 0 Å². The average Bonchev–Trinajstić information content (AvgIpc) is 2.89. The predicted octanol–water partition coefficient (Wildman–Crippen LogP) is 2.01. The Morgan fingerprint density at radius 1 is 1.31 bits per heavy atom. The van der Waals surface area contributed by atoms with Gasteiger partial charge in [0.2, 0.25) is 0 Å². The first kappa shape index (κ1) is 23.9. The quantitative estimate of drug-likeness (QED) is 0.456. The summed E-state index contributed by atoms with van der Waals surface area (Å²) in [5, 5.41) is 22.8. The van der Waals surface area contributed by atoms with E-state index in [9.17, 15) is 24.4 Å². The Hall–Kier alpha value is -1.22. The van der Waals surface area contributed by atoms with E-state index < -0.39 is 66.2 Å². The number of fused-ring (bicyclic) bond motifs is 5. The number of aliphatic hydroxyl groups is 2. The van der Waals surface area contributed by atoms with Gasteiger partial charge in [-0.05, 0) is 56.6 Å². The summed E-state index contributed by atoms with van der Waals surface area (Å²) in [5.74, 6) is -2.87. The van der Waals surface area contributed by atoms with Gasteiger partial charge in [0.25, 0.3) is 0 Å². The van der Waals surface area contributed by atoms with Crippen LogP contribution < -0.4 is 0 Å². The van der Waals surface area contributed by atoms with Gasteiger partial charge < -0.3 is 20.0 Å². The van der Waals surface area contributed by atoms with Crippen LogP contribution in [0.3, 0.4) is 0 Å². The fourth-order valence-electron chi connectivity index (χ4n) is 7.39. The maximum Gasteiger partial charge on any atom is 0.470 e. The van der Waals surface area contributed by atoms with Crippen LogP contribution in [-0.4, -0.2) is 55.5 Å². The molecule has 4 aliphatic carbocycles. The minimum Gasteiger partial charge on any atom is -0.390 e. The molecule has 3 fully saturated rings. The third-order valence-corrected chi connectivity index (χ3v) is 9.48. The van der Waals surface area contributed by atoms with Crippen molar-refractivity contribution in [2.45, 2.75) is 63.8 Å². The Balaban J connectivity index is 1.74. The minimum absolute atomic E-state index is 0.211. The van der Waals surface area contributed by atoms with Gasteiger partial charge in [-0.1, -0.05) is 25.5 Å². The normalized spacial score (nSPS) is 48.0. The summed E-state index contributed by atoms with van der Waals surface area (Å²) in [4.78, 5) is 42.8. The fraction of sp³-hybridized carbons (Fsp3) is 0.727. The zero-order valence-electron chi connectivity index (χ0n) is 18.3. The van der Waals surface area contributed by atoms with E-state index in [4.69, 9.17) is 9.79 Å². The van der Waals surface area contributed by atoms with E-state index >= 15 is 4.39 Å². The molecule has 8 atom stereocenters. The van der Waals surface area contributed by atoms with Crippen LogP contribution in [0.4, 0.5) is 4.39 Å². The van der Waals surface area contributed by atoms with Gasteiger partial charge in [0.1, 0.15) is 12.2 Å². The molecule has 0 aliphatic heterocycles. The van der Waals surface area contributed by atoms with Gasteiger partial charge in [0.15, 0.2) is 17.2 Å². The molecule has 10 heteroatoms. The maximum atomic E-state index is 17.0. The molecule has 0 heterocycles. The molecule has 0 radical (unpaired) electrons. The standard InChI is InChI=1S/C22H30FO8P/c1-12-8-16-15-5-4-13-9-14(24)6-7-19(13,2)21(15,23)17(25)10-20(16,3)22(12,27)18(26)11-31-32(28,29)30/h6-7,9,12,15-17,25,27H,4-5,8,10-11H2,1-3H3,(H2,28,29,30)/t12-,15?,16?,17+,19+,20+,21+,22+/m1/s1. The molecule has 0 saturated heterocycles. The lowest BCUT2D eigenvalue weighted by molar-refractivity contribution is -0.219. The van der Waals surface area contributed by atoms with Crippen LogP contribution in [0.1, 0.15) is 46.5 Å². The van der Waals surface area contributed by atoms with Gasteiger partial charge in [0, 0.05) is 16.7 Å². The third kappa shape index (κ3) is 2.95. The Bertz CT molecular complexity index is 973. The van der Waals surface area contributed by atoms with Crippen LogP contribution in [0.5, 0.6) is 0 Å².